The predicted octanol–water partition coefficient (Wildman–Crippen LogP) is 3.62. The molecule has 4 heterocycles. The minimum Gasteiger partial charge on any atom is -0.324 e. The third kappa shape index (κ3) is 3.83. The van der Waals surface area contributed by atoms with Crippen LogP contribution in [0.1, 0.15) is 35.7 Å². The van der Waals surface area contributed by atoms with Crippen LogP contribution in [-0.4, -0.2) is 39.9 Å². The number of anilines is 2. The molecule has 1 spiro atoms. The van der Waals surface area contributed by atoms with Crippen molar-refractivity contribution in [1.29, 1.82) is 10.5 Å². The third-order valence-electron chi connectivity index (χ3n) is 6.71. The lowest BCUT2D eigenvalue weighted by Gasteiger charge is -2.58. The SMILES string of the molecule is N#Cc1cccc(NC(=O)N2CCC3(CC2)C(=O)N(c2cncc(C#N)c2)C3c2ccccn2)c1. The lowest BCUT2D eigenvalue weighted by molar-refractivity contribution is -0.144. The van der Waals surface area contributed by atoms with Crippen LogP contribution in [0.25, 0.3) is 0 Å². The van der Waals surface area contributed by atoms with Gasteiger partial charge in [0.25, 0.3) is 0 Å². The molecule has 3 amide bonds. The maximum Gasteiger partial charge on any atom is 0.321 e. The second-order valence-corrected chi connectivity index (χ2v) is 8.64. The number of carbonyl (C=O) groups excluding carboxylic acids is 2. The Labute approximate surface area is 202 Å². The van der Waals surface area contributed by atoms with Crippen molar-refractivity contribution in [2.24, 2.45) is 5.41 Å². The first-order valence-electron chi connectivity index (χ1n) is 11.2. The van der Waals surface area contributed by atoms with Crippen LogP contribution in [-0.2, 0) is 4.79 Å². The maximum atomic E-state index is 13.6. The number of hydrogen-bond acceptors (Lipinski definition) is 6. The Bertz CT molecular complexity index is 1370. The van der Waals surface area contributed by atoms with E-state index >= 15 is 0 Å². The van der Waals surface area contributed by atoms with Crippen molar-refractivity contribution in [3.8, 4) is 12.1 Å². The lowest BCUT2D eigenvalue weighted by atomic mass is 9.63. The average Bonchev–Trinajstić information content (AvgIpc) is 2.92. The second kappa shape index (κ2) is 8.88. The van der Waals surface area contributed by atoms with E-state index in [2.05, 4.69) is 27.4 Å². The number of nitrogens with one attached hydrogen (secondary N) is 1. The summed E-state index contributed by atoms with van der Waals surface area (Å²) < 4.78 is 0. The fourth-order valence-electron chi connectivity index (χ4n) is 4.96. The average molecular weight is 464 g/mol. The van der Waals surface area contributed by atoms with Gasteiger partial charge in [0.15, 0.2) is 0 Å². The number of likely N-dealkylation sites (tertiary alicyclic amines) is 1. The molecule has 1 aromatic carbocycles. The first kappa shape index (κ1) is 22.1. The van der Waals surface area contributed by atoms with E-state index in [4.69, 9.17) is 5.26 Å². The number of nitriles is 2. The number of urea groups is 1. The van der Waals surface area contributed by atoms with E-state index in [0.717, 1.165) is 5.69 Å². The lowest BCUT2D eigenvalue weighted by Crippen LogP contribution is -2.67. The number of amides is 3. The molecule has 2 fully saturated rings. The van der Waals surface area contributed by atoms with Gasteiger partial charge in [0.2, 0.25) is 5.91 Å². The summed E-state index contributed by atoms with van der Waals surface area (Å²) in [6.07, 6.45) is 5.72. The van der Waals surface area contributed by atoms with Gasteiger partial charge in [0, 0.05) is 31.2 Å². The second-order valence-electron chi connectivity index (χ2n) is 8.64. The van der Waals surface area contributed by atoms with Gasteiger partial charge < -0.3 is 15.1 Å². The zero-order chi connectivity index (χ0) is 24.4. The Morgan fingerprint density at radius 1 is 1.03 bits per heavy atom. The first-order chi connectivity index (χ1) is 17.1. The summed E-state index contributed by atoms with van der Waals surface area (Å²) in [6.45, 7) is 0.812. The van der Waals surface area contributed by atoms with Crippen molar-refractivity contribution < 1.29 is 9.59 Å². The van der Waals surface area contributed by atoms with Gasteiger partial charge in [-0.15, -0.1) is 0 Å². The molecule has 2 aliphatic rings. The van der Waals surface area contributed by atoms with Crippen LogP contribution in [0.3, 0.4) is 0 Å². The highest BCUT2D eigenvalue weighted by Crippen LogP contribution is 2.57. The Kier molecular flexibility index (Phi) is 5.60. The number of carbonyl (C=O) groups is 2. The molecule has 3 aromatic rings. The van der Waals surface area contributed by atoms with Gasteiger partial charge in [-0.3, -0.25) is 14.8 Å². The number of hydrogen-bond donors (Lipinski definition) is 1. The standard InChI is InChI=1S/C26H21N7O2/c27-14-18-4-3-5-20(12-18)31-25(35)32-10-7-26(8-11-32)23(22-6-1-2-9-30-22)33(24(26)34)21-13-19(15-28)16-29-17-21/h1-6,9,12-13,16-17,23H,7-8,10-11H2,(H,31,35). The van der Waals surface area contributed by atoms with Crippen molar-refractivity contribution in [1.82, 2.24) is 14.9 Å². The predicted molar refractivity (Wildman–Crippen MR) is 127 cm³/mol. The highest BCUT2D eigenvalue weighted by molar-refractivity contribution is 6.06. The van der Waals surface area contributed by atoms with E-state index in [1.807, 2.05) is 18.2 Å². The van der Waals surface area contributed by atoms with E-state index in [0.29, 0.717) is 48.4 Å². The van der Waals surface area contributed by atoms with E-state index in [9.17, 15) is 14.9 Å². The summed E-state index contributed by atoms with van der Waals surface area (Å²) >= 11 is 0. The van der Waals surface area contributed by atoms with Gasteiger partial charge in [-0.05, 0) is 49.2 Å². The Hall–Kier alpha value is -4.76. The van der Waals surface area contributed by atoms with Gasteiger partial charge in [0.05, 0.1) is 46.2 Å². The number of nitrogens with zero attached hydrogens (tertiary/aromatic N) is 6. The first-order valence-corrected chi connectivity index (χ1v) is 11.2. The number of piperidine rings is 1. The highest BCUT2D eigenvalue weighted by Gasteiger charge is 2.62. The summed E-state index contributed by atoms with van der Waals surface area (Å²) in [7, 11) is 0. The summed E-state index contributed by atoms with van der Waals surface area (Å²) in [5.74, 6) is -0.0492. The molecular formula is C26H21N7O2. The minimum absolute atomic E-state index is 0.0492. The zero-order valence-corrected chi connectivity index (χ0v) is 18.8. The van der Waals surface area contributed by atoms with E-state index in [-0.39, 0.29) is 18.0 Å². The van der Waals surface area contributed by atoms with Crippen molar-refractivity contribution in [3.63, 3.8) is 0 Å². The van der Waals surface area contributed by atoms with E-state index in [1.54, 1.807) is 52.5 Å². The molecular weight excluding hydrogens is 442 g/mol. The van der Waals surface area contributed by atoms with E-state index < -0.39 is 5.41 Å². The number of aromatic nitrogens is 2. The summed E-state index contributed by atoms with van der Waals surface area (Å²) in [5.41, 5.74) is 2.04. The molecule has 2 aromatic heterocycles. The number of rotatable bonds is 3. The van der Waals surface area contributed by atoms with Crippen LogP contribution in [0.5, 0.6) is 0 Å². The Morgan fingerprint density at radius 3 is 2.54 bits per heavy atom. The molecule has 0 aliphatic carbocycles. The van der Waals surface area contributed by atoms with Gasteiger partial charge in [0.1, 0.15) is 6.07 Å². The van der Waals surface area contributed by atoms with Gasteiger partial charge >= 0.3 is 6.03 Å². The van der Waals surface area contributed by atoms with Gasteiger partial charge in [-0.1, -0.05) is 12.1 Å². The normalized spacial score (nSPS) is 18.3. The number of pyridine rings is 2. The zero-order valence-electron chi connectivity index (χ0n) is 18.8. The summed E-state index contributed by atoms with van der Waals surface area (Å²) in [5, 5.41) is 21.2. The molecule has 0 saturated carbocycles. The third-order valence-corrected chi connectivity index (χ3v) is 6.71. The van der Waals surface area contributed by atoms with Crippen molar-refractivity contribution in [2.75, 3.05) is 23.3 Å². The van der Waals surface area contributed by atoms with Crippen LogP contribution in [0.15, 0.2) is 67.1 Å². The molecule has 0 bridgehead atoms. The highest BCUT2D eigenvalue weighted by atomic mass is 16.2. The fraction of sp³-hybridized carbons (Fsp3) is 0.231. The van der Waals surface area contributed by atoms with Crippen molar-refractivity contribution in [2.45, 2.75) is 18.9 Å². The molecule has 35 heavy (non-hydrogen) atoms. The molecule has 2 saturated heterocycles. The topological polar surface area (TPSA) is 126 Å². The molecule has 1 unspecified atom stereocenters. The minimum atomic E-state index is -0.686. The molecule has 172 valence electrons. The summed E-state index contributed by atoms with van der Waals surface area (Å²) in [4.78, 5) is 38.5. The van der Waals surface area contributed by atoms with Crippen LogP contribution >= 0.6 is 0 Å². The number of benzene rings is 1. The Balaban J connectivity index is 1.37. The quantitative estimate of drug-likeness (QED) is 0.591. The van der Waals surface area contributed by atoms with Crippen LogP contribution in [0.2, 0.25) is 0 Å². The molecule has 0 radical (unpaired) electrons. The molecule has 9 heteroatoms. The fourth-order valence-corrected chi connectivity index (χ4v) is 4.96. The summed E-state index contributed by atoms with van der Waals surface area (Å²) in [6, 6.07) is 17.6. The molecule has 1 N–H and O–H groups in total. The molecule has 1 atom stereocenters. The van der Waals surface area contributed by atoms with Crippen molar-refractivity contribution >= 4 is 23.3 Å². The van der Waals surface area contributed by atoms with E-state index in [1.165, 1.54) is 6.20 Å². The largest absolute Gasteiger partial charge is 0.324 e. The van der Waals surface area contributed by atoms with Crippen molar-refractivity contribution in [3.05, 3.63) is 83.9 Å². The van der Waals surface area contributed by atoms with Crippen LogP contribution in [0.4, 0.5) is 16.2 Å². The monoisotopic (exact) mass is 463 g/mol. The molecule has 9 nitrogen and oxygen atoms in total. The smallest absolute Gasteiger partial charge is 0.321 e. The van der Waals surface area contributed by atoms with Gasteiger partial charge in [-0.2, -0.15) is 10.5 Å². The molecule has 2 aliphatic heterocycles. The van der Waals surface area contributed by atoms with Gasteiger partial charge in [-0.25, -0.2) is 4.79 Å². The Morgan fingerprint density at radius 2 is 1.83 bits per heavy atom. The van der Waals surface area contributed by atoms with Crippen LogP contribution < -0.4 is 10.2 Å². The molecule has 5 rings (SSSR count). The number of β-lactam (4-membered cyclic amide) rings is 1. The maximum absolute atomic E-state index is 13.6. The van der Waals surface area contributed by atoms with Crippen LogP contribution in [0, 0.1) is 28.1 Å².